The minimum absolute atomic E-state index is 0.0185. The van der Waals surface area contributed by atoms with E-state index in [0.717, 1.165) is 25.7 Å². The molecule has 0 bridgehead atoms. The van der Waals surface area contributed by atoms with Crippen molar-refractivity contribution < 1.29 is 40.7 Å². The fraction of sp³-hybridized carbons (Fsp3) is 0.500. The van der Waals surface area contributed by atoms with E-state index in [0.29, 0.717) is 13.1 Å². The molecule has 2 N–H and O–H groups in total. The molecule has 3 amide bonds. The van der Waals surface area contributed by atoms with Gasteiger partial charge in [-0.05, 0) is 37.1 Å². The first-order valence-corrected chi connectivity index (χ1v) is 10.8. The SMILES string of the molecule is O=C(COC(=O)c1ccc(S(=O)(=O)N2CCCCCC2)cc1)NC(=O)NCC(F)(F)F. The van der Waals surface area contributed by atoms with Gasteiger partial charge in [0.2, 0.25) is 10.0 Å². The molecule has 31 heavy (non-hydrogen) atoms. The van der Waals surface area contributed by atoms with E-state index in [9.17, 15) is 36.0 Å². The van der Waals surface area contributed by atoms with Crippen molar-refractivity contribution in [2.24, 2.45) is 0 Å². The highest BCUT2D eigenvalue weighted by Gasteiger charge is 2.28. The van der Waals surface area contributed by atoms with Crippen LogP contribution in [-0.2, 0) is 19.6 Å². The van der Waals surface area contributed by atoms with Crippen LogP contribution in [0.1, 0.15) is 36.0 Å². The number of halogens is 3. The van der Waals surface area contributed by atoms with Crippen molar-refractivity contribution >= 4 is 27.9 Å². The molecule has 0 saturated carbocycles. The topological polar surface area (TPSA) is 122 Å². The third-order valence-electron chi connectivity index (χ3n) is 4.33. The average Bonchev–Trinajstić information content (AvgIpc) is 3.00. The van der Waals surface area contributed by atoms with Gasteiger partial charge in [-0.3, -0.25) is 10.1 Å². The molecule has 1 aromatic rings. The second-order valence-corrected chi connectivity index (χ2v) is 8.70. The highest BCUT2D eigenvalue weighted by atomic mass is 32.2. The van der Waals surface area contributed by atoms with Crippen molar-refractivity contribution in [3.63, 3.8) is 0 Å². The molecular formula is C18H22F3N3O6S. The Morgan fingerprint density at radius 2 is 1.58 bits per heavy atom. The fourth-order valence-electron chi connectivity index (χ4n) is 2.80. The molecule has 1 heterocycles. The lowest BCUT2D eigenvalue weighted by Crippen LogP contribution is -2.44. The van der Waals surface area contributed by atoms with Crippen molar-refractivity contribution in [1.29, 1.82) is 0 Å². The Bertz CT molecular complexity index is 895. The number of alkyl halides is 3. The van der Waals surface area contributed by atoms with Crippen molar-refractivity contribution in [2.45, 2.75) is 36.8 Å². The van der Waals surface area contributed by atoms with Gasteiger partial charge in [-0.15, -0.1) is 0 Å². The molecular weight excluding hydrogens is 443 g/mol. The first-order chi connectivity index (χ1) is 14.5. The summed E-state index contributed by atoms with van der Waals surface area (Å²) in [4.78, 5) is 34.6. The van der Waals surface area contributed by atoms with Crippen LogP contribution in [0.4, 0.5) is 18.0 Å². The predicted molar refractivity (Wildman–Crippen MR) is 102 cm³/mol. The molecule has 2 rings (SSSR count). The molecule has 13 heteroatoms. The van der Waals surface area contributed by atoms with E-state index in [2.05, 4.69) is 4.74 Å². The first-order valence-electron chi connectivity index (χ1n) is 9.41. The van der Waals surface area contributed by atoms with Gasteiger partial charge in [0.25, 0.3) is 5.91 Å². The van der Waals surface area contributed by atoms with Gasteiger partial charge in [0.05, 0.1) is 10.5 Å². The number of amides is 3. The summed E-state index contributed by atoms with van der Waals surface area (Å²) in [6, 6.07) is 3.56. The van der Waals surface area contributed by atoms with Crippen LogP contribution in [0.2, 0.25) is 0 Å². The van der Waals surface area contributed by atoms with E-state index in [-0.39, 0.29) is 10.5 Å². The van der Waals surface area contributed by atoms with Crippen molar-refractivity contribution in [1.82, 2.24) is 14.9 Å². The fourth-order valence-corrected chi connectivity index (χ4v) is 4.31. The van der Waals surface area contributed by atoms with Crippen LogP contribution in [0.25, 0.3) is 0 Å². The molecule has 0 atom stereocenters. The molecule has 1 aromatic carbocycles. The van der Waals surface area contributed by atoms with E-state index in [4.69, 9.17) is 0 Å². The second kappa shape index (κ2) is 10.6. The van der Waals surface area contributed by atoms with Gasteiger partial charge < -0.3 is 10.1 Å². The Kier molecular flexibility index (Phi) is 8.39. The Labute approximate surface area is 177 Å². The molecule has 1 saturated heterocycles. The third kappa shape index (κ3) is 7.83. The Morgan fingerprint density at radius 1 is 1.00 bits per heavy atom. The number of urea groups is 1. The highest BCUT2D eigenvalue weighted by molar-refractivity contribution is 7.89. The monoisotopic (exact) mass is 465 g/mol. The number of rotatable bonds is 6. The summed E-state index contributed by atoms with van der Waals surface area (Å²) in [5, 5.41) is 3.01. The van der Waals surface area contributed by atoms with E-state index in [1.165, 1.54) is 33.9 Å². The number of benzene rings is 1. The number of hydrogen-bond acceptors (Lipinski definition) is 6. The van der Waals surface area contributed by atoms with Crippen LogP contribution in [0.15, 0.2) is 29.2 Å². The summed E-state index contributed by atoms with van der Waals surface area (Å²) in [5.74, 6) is -2.10. The maximum absolute atomic E-state index is 12.7. The van der Waals surface area contributed by atoms with Gasteiger partial charge in [-0.25, -0.2) is 18.0 Å². The molecule has 172 valence electrons. The quantitative estimate of drug-likeness (QED) is 0.618. The summed E-state index contributed by atoms with van der Waals surface area (Å²) in [6.07, 6.45) is -1.15. The number of carbonyl (C=O) groups excluding carboxylic acids is 3. The predicted octanol–water partition coefficient (Wildman–Crippen LogP) is 1.80. The Hall–Kier alpha value is -2.67. The normalized spacial score (nSPS) is 15.6. The molecule has 1 aliphatic rings. The van der Waals surface area contributed by atoms with Crippen molar-refractivity contribution in [2.75, 3.05) is 26.2 Å². The third-order valence-corrected chi connectivity index (χ3v) is 6.24. The Morgan fingerprint density at radius 3 is 2.13 bits per heavy atom. The molecule has 0 spiro atoms. The summed E-state index contributed by atoms with van der Waals surface area (Å²) >= 11 is 0. The number of carbonyl (C=O) groups is 3. The number of ether oxygens (including phenoxy) is 1. The van der Waals surface area contributed by atoms with Gasteiger partial charge in [0.1, 0.15) is 6.54 Å². The lowest BCUT2D eigenvalue weighted by atomic mass is 10.2. The summed E-state index contributed by atoms with van der Waals surface area (Å²) in [6.45, 7) is -1.68. The zero-order chi connectivity index (χ0) is 23.1. The van der Waals surface area contributed by atoms with Crippen LogP contribution >= 0.6 is 0 Å². The average molecular weight is 465 g/mol. The van der Waals surface area contributed by atoms with E-state index in [1.54, 1.807) is 5.32 Å². The zero-order valence-electron chi connectivity index (χ0n) is 16.4. The van der Waals surface area contributed by atoms with Gasteiger partial charge in [-0.2, -0.15) is 17.5 Å². The molecule has 0 unspecified atom stereocenters. The molecule has 0 aromatic heterocycles. The summed E-state index contributed by atoms with van der Waals surface area (Å²) in [5.41, 5.74) is -0.0378. The number of esters is 1. The molecule has 0 radical (unpaired) electrons. The number of hydrogen-bond donors (Lipinski definition) is 2. The first kappa shape index (κ1) is 24.6. The van der Waals surface area contributed by atoms with Crippen molar-refractivity contribution in [3.05, 3.63) is 29.8 Å². The maximum atomic E-state index is 12.7. The standard InChI is InChI=1S/C18H22F3N3O6S/c19-18(20,21)12-22-17(27)23-15(25)11-30-16(26)13-5-7-14(8-6-13)31(28,29)24-9-3-1-2-4-10-24/h5-8H,1-4,9-12H2,(H2,22,23,25,27). The molecule has 9 nitrogen and oxygen atoms in total. The molecule has 1 fully saturated rings. The number of imide groups is 1. The summed E-state index contributed by atoms with van der Waals surface area (Å²) in [7, 11) is -3.69. The van der Waals surface area contributed by atoms with Crippen molar-refractivity contribution in [3.8, 4) is 0 Å². The minimum Gasteiger partial charge on any atom is -0.452 e. The number of sulfonamides is 1. The maximum Gasteiger partial charge on any atom is 0.405 e. The second-order valence-electron chi connectivity index (χ2n) is 6.76. The highest BCUT2D eigenvalue weighted by Crippen LogP contribution is 2.21. The van der Waals surface area contributed by atoms with Gasteiger partial charge in [-0.1, -0.05) is 12.8 Å². The molecule has 0 aliphatic carbocycles. The van der Waals surface area contributed by atoms with Crippen LogP contribution < -0.4 is 10.6 Å². The van der Waals surface area contributed by atoms with Crippen LogP contribution in [0.5, 0.6) is 0 Å². The zero-order valence-corrected chi connectivity index (χ0v) is 17.2. The minimum atomic E-state index is -4.64. The van der Waals surface area contributed by atoms with Gasteiger partial charge >= 0.3 is 18.2 Å². The smallest absolute Gasteiger partial charge is 0.405 e. The van der Waals surface area contributed by atoms with E-state index in [1.807, 2.05) is 0 Å². The number of nitrogens with zero attached hydrogens (tertiary/aromatic N) is 1. The van der Waals surface area contributed by atoms with Crippen LogP contribution in [-0.4, -0.2) is 63.0 Å². The van der Waals surface area contributed by atoms with E-state index < -0.39 is 47.3 Å². The van der Waals surface area contributed by atoms with E-state index >= 15 is 0 Å². The number of nitrogens with one attached hydrogen (secondary N) is 2. The lowest BCUT2D eigenvalue weighted by molar-refractivity contribution is -0.125. The molecule has 1 aliphatic heterocycles. The Balaban J connectivity index is 1.87. The van der Waals surface area contributed by atoms with Crippen LogP contribution in [0.3, 0.4) is 0 Å². The van der Waals surface area contributed by atoms with Gasteiger partial charge in [0.15, 0.2) is 6.61 Å². The largest absolute Gasteiger partial charge is 0.452 e. The van der Waals surface area contributed by atoms with Crippen LogP contribution in [0, 0.1) is 0 Å². The lowest BCUT2D eigenvalue weighted by Gasteiger charge is -2.19. The summed E-state index contributed by atoms with van der Waals surface area (Å²) < 4.78 is 67.4. The van der Waals surface area contributed by atoms with Gasteiger partial charge in [0, 0.05) is 13.1 Å².